The highest BCUT2D eigenvalue weighted by Crippen LogP contribution is 2.49. The first kappa shape index (κ1) is 26.7. The number of hydrogen-bond acceptors (Lipinski definition) is 4. The first-order valence-electron chi connectivity index (χ1n) is 13.1. The van der Waals surface area contributed by atoms with E-state index in [9.17, 15) is 20.1 Å². The third-order valence-electron chi connectivity index (χ3n) is 7.48. The van der Waals surface area contributed by atoms with Gasteiger partial charge in [0.2, 0.25) is 0 Å². The fourth-order valence-corrected chi connectivity index (χ4v) is 5.59. The predicted molar refractivity (Wildman–Crippen MR) is 144 cm³/mol. The van der Waals surface area contributed by atoms with Crippen LogP contribution < -0.4 is 10.9 Å². The fourth-order valence-electron chi connectivity index (χ4n) is 5.59. The van der Waals surface area contributed by atoms with E-state index in [0.29, 0.717) is 22.8 Å². The van der Waals surface area contributed by atoms with Crippen molar-refractivity contribution in [2.45, 2.75) is 79.1 Å². The molecule has 0 radical (unpaired) electrons. The quantitative estimate of drug-likeness (QED) is 0.304. The number of allylic oxidation sites excluding steroid dienone is 1. The normalized spacial score (nSPS) is 13.9. The van der Waals surface area contributed by atoms with Crippen molar-refractivity contribution in [1.29, 1.82) is 0 Å². The third-order valence-corrected chi connectivity index (χ3v) is 7.48. The molecule has 1 aliphatic rings. The molecular weight excluding hydrogens is 422 g/mol. The largest absolute Gasteiger partial charge is 0.488 e. The van der Waals surface area contributed by atoms with Crippen LogP contribution in [0.15, 0.2) is 42.0 Å². The highest BCUT2D eigenvalue weighted by Gasteiger charge is 2.33. The van der Waals surface area contributed by atoms with E-state index in [0.717, 1.165) is 60.8 Å². The highest BCUT2D eigenvalue weighted by molar-refractivity contribution is 6.59. The molecule has 0 aromatic heterocycles. The van der Waals surface area contributed by atoms with Crippen LogP contribution in [0.1, 0.15) is 90.2 Å². The Hall–Kier alpha value is -1.85. The zero-order chi connectivity index (χ0) is 24.8. The molecule has 0 fully saturated rings. The van der Waals surface area contributed by atoms with Gasteiger partial charge in [0.15, 0.2) is 0 Å². The molecule has 4 nitrogen and oxygen atoms in total. The summed E-state index contributed by atoms with van der Waals surface area (Å²) in [6.07, 6.45) is 9.01. The molecule has 0 spiro atoms. The van der Waals surface area contributed by atoms with Crippen molar-refractivity contribution in [2.75, 3.05) is 0 Å². The van der Waals surface area contributed by atoms with E-state index in [-0.39, 0.29) is 0 Å². The molecule has 4 N–H and O–H groups in total. The third kappa shape index (κ3) is 5.52. The number of unbranched alkanes of at least 4 members (excludes halogenated alkanes) is 2. The summed E-state index contributed by atoms with van der Waals surface area (Å²) in [5, 5.41) is 39.7. The fraction of sp³-hybridized carbons (Fsp3) is 0.500. The smallest absolute Gasteiger partial charge is 0.423 e. The second kappa shape index (κ2) is 12.2. The van der Waals surface area contributed by atoms with Crippen LogP contribution in [0.3, 0.4) is 0 Å². The van der Waals surface area contributed by atoms with Crippen molar-refractivity contribution in [3.05, 3.63) is 53.1 Å². The summed E-state index contributed by atoms with van der Waals surface area (Å²) in [5.74, 6) is 0.863. The average Bonchev–Trinajstić information content (AvgIpc) is 3.15. The highest BCUT2D eigenvalue weighted by atomic mass is 16.4. The van der Waals surface area contributed by atoms with E-state index in [1.165, 1.54) is 24.0 Å². The molecule has 2 aromatic carbocycles. The van der Waals surface area contributed by atoms with Crippen LogP contribution in [-0.2, 0) is 0 Å². The van der Waals surface area contributed by atoms with Gasteiger partial charge in [-0.15, -0.1) is 0 Å². The topological polar surface area (TPSA) is 80.9 Å². The molecule has 0 saturated heterocycles. The number of benzene rings is 2. The Labute approximate surface area is 206 Å². The monoisotopic (exact) mass is 462 g/mol. The Morgan fingerprint density at radius 1 is 0.647 bits per heavy atom. The summed E-state index contributed by atoms with van der Waals surface area (Å²) in [6, 6.07) is 11.3. The van der Waals surface area contributed by atoms with Crippen molar-refractivity contribution in [1.82, 2.24) is 0 Å². The summed E-state index contributed by atoms with van der Waals surface area (Å²) in [7, 11) is -3.06. The van der Waals surface area contributed by atoms with Gasteiger partial charge in [-0.2, -0.15) is 0 Å². The second-order valence-corrected chi connectivity index (χ2v) is 9.68. The molecule has 3 rings (SSSR count). The van der Waals surface area contributed by atoms with Crippen molar-refractivity contribution in [2.24, 2.45) is 11.8 Å². The van der Waals surface area contributed by atoms with Crippen LogP contribution in [0.5, 0.6) is 0 Å². The molecule has 6 heteroatoms. The summed E-state index contributed by atoms with van der Waals surface area (Å²) in [5.41, 5.74) is 7.79. The van der Waals surface area contributed by atoms with Crippen LogP contribution >= 0.6 is 0 Å². The zero-order valence-corrected chi connectivity index (χ0v) is 21.2. The van der Waals surface area contributed by atoms with Gasteiger partial charge in [-0.25, -0.2) is 0 Å². The second-order valence-electron chi connectivity index (χ2n) is 9.68. The number of rotatable bonds is 12. The first-order valence-corrected chi connectivity index (χ1v) is 13.1. The van der Waals surface area contributed by atoms with Crippen molar-refractivity contribution in [3.8, 4) is 11.1 Å². The van der Waals surface area contributed by atoms with Gasteiger partial charge in [-0.05, 0) is 76.3 Å². The predicted octanol–water partition coefficient (Wildman–Crippen LogP) is 4.26. The molecule has 34 heavy (non-hydrogen) atoms. The molecule has 2 unspecified atom stereocenters. The van der Waals surface area contributed by atoms with Gasteiger partial charge in [-0.1, -0.05) is 95.3 Å². The molecule has 0 bridgehead atoms. The van der Waals surface area contributed by atoms with Gasteiger partial charge in [0, 0.05) is 0 Å². The van der Waals surface area contributed by atoms with E-state index in [1.807, 2.05) is 24.3 Å². The first-order chi connectivity index (χ1) is 16.4. The van der Waals surface area contributed by atoms with Gasteiger partial charge in [0.1, 0.15) is 0 Å². The Morgan fingerprint density at radius 3 is 1.38 bits per heavy atom. The molecule has 0 amide bonds. The Kier molecular flexibility index (Phi) is 9.61. The van der Waals surface area contributed by atoms with Gasteiger partial charge >= 0.3 is 14.2 Å². The summed E-state index contributed by atoms with van der Waals surface area (Å²) < 4.78 is 0. The SMILES string of the molecule is CCCCC(CC)C(=C1c2cc(B(O)O)ccc2-c2ccc(B(O)O)cc21)C(CC)CCCC. The summed E-state index contributed by atoms with van der Waals surface area (Å²) >= 11 is 0. The van der Waals surface area contributed by atoms with E-state index in [4.69, 9.17) is 0 Å². The lowest BCUT2D eigenvalue weighted by Crippen LogP contribution is -2.30. The lowest BCUT2D eigenvalue weighted by molar-refractivity contribution is 0.418. The van der Waals surface area contributed by atoms with Crippen molar-refractivity contribution >= 4 is 30.7 Å². The van der Waals surface area contributed by atoms with Crippen molar-refractivity contribution < 1.29 is 20.1 Å². The summed E-state index contributed by atoms with van der Waals surface area (Å²) in [4.78, 5) is 0. The Bertz CT molecular complexity index is 922. The number of fused-ring (bicyclic) bond motifs is 3. The van der Waals surface area contributed by atoms with Crippen LogP contribution in [-0.4, -0.2) is 34.3 Å². The van der Waals surface area contributed by atoms with Gasteiger partial charge in [-0.3, -0.25) is 0 Å². The van der Waals surface area contributed by atoms with E-state index < -0.39 is 14.2 Å². The number of hydrogen-bond donors (Lipinski definition) is 4. The summed E-state index contributed by atoms with van der Waals surface area (Å²) in [6.45, 7) is 9.01. The van der Waals surface area contributed by atoms with Crippen LogP contribution in [0.2, 0.25) is 0 Å². The van der Waals surface area contributed by atoms with Crippen LogP contribution in [0, 0.1) is 11.8 Å². The molecule has 0 aliphatic heterocycles. The maximum absolute atomic E-state index is 9.93. The molecular formula is C28H40B2O4. The molecule has 1 aliphatic carbocycles. The van der Waals surface area contributed by atoms with E-state index >= 15 is 0 Å². The van der Waals surface area contributed by atoms with Gasteiger partial charge in [0.25, 0.3) is 0 Å². The van der Waals surface area contributed by atoms with Crippen molar-refractivity contribution in [3.63, 3.8) is 0 Å². The maximum Gasteiger partial charge on any atom is 0.488 e. The lowest BCUT2D eigenvalue weighted by atomic mass is 9.73. The molecule has 0 heterocycles. The van der Waals surface area contributed by atoms with Crippen LogP contribution in [0.25, 0.3) is 16.7 Å². The van der Waals surface area contributed by atoms with E-state index in [1.54, 1.807) is 12.1 Å². The molecule has 2 atom stereocenters. The van der Waals surface area contributed by atoms with Gasteiger partial charge in [0.05, 0.1) is 0 Å². The lowest BCUT2D eigenvalue weighted by Gasteiger charge is -2.30. The standard InChI is InChI=1S/C28H40B2O4/c1-5-9-11-19(7-3)27(20(8-4)12-10-6-2)28-25-17-21(29(31)32)13-15-23(25)24-16-14-22(30(33)34)18-26(24)28/h13-20,31-34H,5-12H2,1-4H3. The van der Waals surface area contributed by atoms with Gasteiger partial charge < -0.3 is 20.1 Å². The Balaban J connectivity index is 2.37. The minimum absolute atomic E-state index is 0.431. The average molecular weight is 462 g/mol. The minimum atomic E-state index is -1.53. The zero-order valence-electron chi connectivity index (χ0n) is 21.2. The molecule has 182 valence electrons. The van der Waals surface area contributed by atoms with E-state index in [2.05, 4.69) is 27.7 Å². The maximum atomic E-state index is 9.93. The molecule has 0 saturated carbocycles. The molecule has 2 aromatic rings. The van der Waals surface area contributed by atoms with Crippen LogP contribution in [0.4, 0.5) is 0 Å². The Morgan fingerprint density at radius 2 is 1.06 bits per heavy atom. The minimum Gasteiger partial charge on any atom is -0.423 e.